The number of nitrogens with two attached hydrogens (primary N) is 1. The Morgan fingerprint density at radius 2 is 2.24 bits per heavy atom. The van der Waals surface area contributed by atoms with Crippen LogP contribution < -0.4 is 20.7 Å². The number of anilines is 1. The van der Waals surface area contributed by atoms with Crippen molar-refractivity contribution in [2.45, 2.75) is 25.9 Å². The van der Waals surface area contributed by atoms with E-state index in [1.165, 1.54) is 11.3 Å². The van der Waals surface area contributed by atoms with Crippen molar-refractivity contribution < 1.29 is 14.3 Å². The minimum absolute atomic E-state index is 0.107. The summed E-state index contributed by atoms with van der Waals surface area (Å²) in [4.78, 5) is 34.1. The highest BCUT2D eigenvalue weighted by atomic mass is 32.1. The molecule has 3 N–H and O–H groups in total. The first-order valence-corrected chi connectivity index (χ1v) is 11.6. The summed E-state index contributed by atoms with van der Waals surface area (Å²) in [5.41, 5.74) is 9.35. The van der Waals surface area contributed by atoms with Gasteiger partial charge in [0, 0.05) is 30.1 Å². The normalized spacial score (nSPS) is 18.5. The van der Waals surface area contributed by atoms with E-state index in [0.29, 0.717) is 28.7 Å². The third-order valence-electron chi connectivity index (χ3n) is 5.73. The molecule has 8 nitrogen and oxygen atoms in total. The summed E-state index contributed by atoms with van der Waals surface area (Å²) < 4.78 is 5.23. The van der Waals surface area contributed by atoms with Crippen molar-refractivity contribution in [3.8, 4) is 5.75 Å². The number of aromatic nitrogens is 1. The number of methoxy groups -OCH3 is 1. The highest BCUT2D eigenvalue weighted by molar-refractivity contribution is 7.14. The SMILES string of the molecule is C=C/C=C(\C(=C/C)NC(=O)c1csc(N2Cc3ccc(OC)cc3C2=O)n1)N1CC[C@H](N)C1. The molecule has 2 amide bonds. The third kappa shape index (κ3) is 4.55. The number of benzene rings is 1. The molecule has 0 aliphatic carbocycles. The van der Waals surface area contributed by atoms with Crippen LogP contribution in [0.5, 0.6) is 5.75 Å². The number of hydrogen-bond donors (Lipinski definition) is 2. The summed E-state index contributed by atoms with van der Waals surface area (Å²) >= 11 is 1.26. The lowest BCUT2D eigenvalue weighted by Crippen LogP contribution is -2.32. The summed E-state index contributed by atoms with van der Waals surface area (Å²) in [6, 6.07) is 5.55. The average molecular weight is 466 g/mol. The second kappa shape index (κ2) is 9.60. The van der Waals surface area contributed by atoms with Crippen LogP contribution in [0, 0.1) is 0 Å². The molecular weight excluding hydrogens is 438 g/mol. The molecular formula is C24H27N5O3S. The van der Waals surface area contributed by atoms with Crippen molar-refractivity contribution in [2.75, 3.05) is 25.1 Å². The number of allylic oxidation sites excluding steroid dienone is 3. The van der Waals surface area contributed by atoms with Gasteiger partial charge in [0.05, 0.1) is 25.0 Å². The number of carbonyl (C=O) groups excluding carboxylic acids is 2. The summed E-state index contributed by atoms with van der Waals surface area (Å²) in [5, 5.41) is 5.10. The first kappa shape index (κ1) is 22.8. The van der Waals surface area contributed by atoms with Crippen molar-refractivity contribution in [3.63, 3.8) is 0 Å². The third-order valence-corrected chi connectivity index (χ3v) is 6.59. The number of nitrogens with one attached hydrogen (secondary N) is 1. The zero-order valence-electron chi connectivity index (χ0n) is 18.7. The number of carbonyl (C=O) groups is 2. The lowest BCUT2D eigenvalue weighted by Gasteiger charge is -2.24. The Kier molecular flexibility index (Phi) is 6.62. The second-order valence-corrected chi connectivity index (χ2v) is 8.71. The molecule has 0 saturated carbocycles. The van der Waals surface area contributed by atoms with Crippen molar-refractivity contribution in [2.24, 2.45) is 5.73 Å². The molecule has 9 heteroatoms. The molecule has 1 aromatic heterocycles. The topological polar surface area (TPSA) is 101 Å². The fourth-order valence-corrected chi connectivity index (χ4v) is 4.81. The molecule has 1 fully saturated rings. The van der Waals surface area contributed by atoms with Gasteiger partial charge in [0.1, 0.15) is 11.4 Å². The van der Waals surface area contributed by atoms with Crippen LogP contribution in [0.2, 0.25) is 0 Å². The van der Waals surface area contributed by atoms with Crippen LogP contribution in [0.1, 0.15) is 39.8 Å². The van der Waals surface area contributed by atoms with Crippen LogP contribution in [0.3, 0.4) is 0 Å². The predicted molar refractivity (Wildman–Crippen MR) is 129 cm³/mol. The van der Waals surface area contributed by atoms with Gasteiger partial charge in [0.2, 0.25) is 0 Å². The highest BCUT2D eigenvalue weighted by Crippen LogP contribution is 2.32. The fraction of sp³-hybridized carbons (Fsp3) is 0.292. The summed E-state index contributed by atoms with van der Waals surface area (Å²) in [7, 11) is 1.57. The number of likely N-dealkylation sites (tertiary alicyclic amines) is 1. The maximum absolute atomic E-state index is 13.0. The molecule has 0 bridgehead atoms. The van der Waals surface area contributed by atoms with Gasteiger partial charge in [-0.3, -0.25) is 14.5 Å². The lowest BCUT2D eigenvalue weighted by atomic mass is 10.1. The smallest absolute Gasteiger partial charge is 0.275 e. The zero-order chi connectivity index (χ0) is 23.5. The average Bonchev–Trinajstić information content (AvgIpc) is 3.55. The van der Waals surface area contributed by atoms with Gasteiger partial charge in [-0.05, 0) is 37.1 Å². The van der Waals surface area contributed by atoms with Gasteiger partial charge in [0.25, 0.3) is 11.8 Å². The first-order chi connectivity index (χ1) is 15.9. The molecule has 2 aromatic rings. The van der Waals surface area contributed by atoms with Gasteiger partial charge in [-0.2, -0.15) is 0 Å². The molecule has 1 atom stereocenters. The van der Waals surface area contributed by atoms with Crippen LogP contribution in [-0.4, -0.2) is 47.9 Å². The molecule has 0 unspecified atom stereocenters. The Labute approximate surface area is 197 Å². The van der Waals surface area contributed by atoms with E-state index in [1.54, 1.807) is 29.5 Å². The van der Waals surface area contributed by atoms with E-state index in [4.69, 9.17) is 10.5 Å². The van der Waals surface area contributed by atoms with Crippen molar-refractivity contribution >= 4 is 28.3 Å². The van der Waals surface area contributed by atoms with Gasteiger partial charge in [-0.15, -0.1) is 11.3 Å². The van der Waals surface area contributed by atoms with Crippen molar-refractivity contribution in [3.05, 3.63) is 76.6 Å². The van der Waals surface area contributed by atoms with Gasteiger partial charge < -0.3 is 20.7 Å². The Morgan fingerprint density at radius 1 is 1.42 bits per heavy atom. The maximum atomic E-state index is 13.0. The molecule has 172 valence electrons. The van der Waals surface area contributed by atoms with Crippen molar-refractivity contribution in [1.29, 1.82) is 0 Å². The Morgan fingerprint density at radius 3 is 2.91 bits per heavy atom. The standard InChI is InChI=1S/C24H27N5O3S/c1-4-6-21(28-10-9-16(25)13-28)19(5-2)26-22(30)20-14-33-24(27-20)29-12-15-7-8-17(32-3)11-18(15)23(29)31/h4-8,11,14,16H,1,9-10,12-13,25H2,2-3H3,(H,26,30)/b19-5+,21-6+/t16-/m0/s1. The van der Waals surface area contributed by atoms with Gasteiger partial charge >= 0.3 is 0 Å². The quantitative estimate of drug-likeness (QED) is 0.610. The van der Waals surface area contributed by atoms with Crippen LogP contribution >= 0.6 is 11.3 Å². The molecule has 2 aliphatic rings. The van der Waals surface area contributed by atoms with Gasteiger partial charge in [-0.1, -0.05) is 24.8 Å². The Hall–Kier alpha value is -3.43. The number of thiazole rings is 1. The number of amides is 2. The fourth-order valence-electron chi connectivity index (χ4n) is 4.01. The summed E-state index contributed by atoms with van der Waals surface area (Å²) in [5.74, 6) is 0.139. The maximum Gasteiger partial charge on any atom is 0.275 e. The van der Waals surface area contributed by atoms with E-state index in [2.05, 4.69) is 21.8 Å². The second-order valence-electron chi connectivity index (χ2n) is 7.87. The van der Waals surface area contributed by atoms with Gasteiger partial charge in [-0.25, -0.2) is 4.98 Å². The number of hydrogen-bond acceptors (Lipinski definition) is 7. The van der Waals surface area contributed by atoms with Crippen LogP contribution in [-0.2, 0) is 6.54 Å². The predicted octanol–water partition coefficient (Wildman–Crippen LogP) is 3.05. The number of nitrogens with zero attached hydrogens (tertiary/aromatic N) is 3. The van der Waals surface area contributed by atoms with Crippen LogP contribution in [0.25, 0.3) is 0 Å². The van der Waals surface area contributed by atoms with E-state index >= 15 is 0 Å². The van der Waals surface area contributed by atoms with Crippen LogP contribution in [0.4, 0.5) is 5.13 Å². The molecule has 2 aliphatic heterocycles. The Balaban J connectivity index is 1.49. The molecule has 1 aromatic carbocycles. The van der Waals surface area contributed by atoms with E-state index in [-0.39, 0.29) is 23.6 Å². The zero-order valence-corrected chi connectivity index (χ0v) is 19.5. The van der Waals surface area contributed by atoms with Gasteiger partial charge in [0.15, 0.2) is 5.13 Å². The van der Waals surface area contributed by atoms with E-state index in [9.17, 15) is 9.59 Å². The minimum Gasteiger partial charge on any atom is -0.497 e. The lowest BCUT2D eigenvalue weighted by molar-refractivity contribution is 0.0957. The van der Waals surface area contributed by atoms with Crippen molar-refractivity contribution in [1.82, 2.24) is 15.2 Å². The number of fused-ring (bicyclic) bond motifs is 1. The first-order valence-electron chi connectivity index (χ1n) is 10.7. The molecule has 0 spiro atoms. The number of rotatable bonds is 7. The molecule has 1 saturated heterocycles. The van der Waals surface area contributed by atoms with E-state index in [1.807, 2.05) is 31.2 Å². The molecule has 4 rings (SSSR count). The molecule has 0 radical (unpaired) electrons. The molecule has 33 heavy (non-hydrogen) atoms. The highest BCUT2D eigenvalue weighted by Gasteiger charge is 2.31. The summed E-state index contributed by atoms with van der Waals surface area (Å²) in [6.07, 6.45) is 6.31. The number of ether oxygens (including phenoxy) is 1. The van der Waals surface area contributed by atoms with E-state index < -0.39 is 0 Å². The Bertz CT molecular complexity index is 1150. The largest absolute Gasteiger partial charge is 0.497 e. The summed E-state index contributed by atoms with van der Waals surface area (Å²) in [6.45, 7) is 7.61. The van der Waals surface area contributed by atoms with Crippen LogP contribution in [0.15, 0.2) is 59.8 Å². The minimum atomic E-state index is -0.338. The monoisotopic (exact) mass is 465 g/mol. The van der Waals surface area contributed by atoms with E-state index in [0.717, 1.165) is 30.8 Å². The molecule has 3 heterocycles.